The molecule has 0 saturated carbocycles. The van der Waals surface area contributed by atoms with Crippen molar-refractivity contribution >= 4 is 35.6 Å². The van der Waals surface area contributed by atoms with Crippen LogP contribution in [0.3, 0.4) is 0 Å². The maximum Gasteiger partial charge on any atom is 0.408 e. The van der Waals surface area contributed by atoms with E-state index in [2.05, 4.69) is 10.6 Å². The first-order valence-corrected chi connectivity index (χ1v) is 17.5. The van der Waals surface area contributed by atoms with Gasteiger partial charge in [0, 0.05) is 19.4 Å². The number of nitrogens with two attached hydrogens (primary N) is 1. The highest BCUT2D eigenvalue weighted by molar-refractivity contribution is 7.98. The quantitative estimate of drug-likeness (QED) is 0.256. The summed E-state index contributed by atoms with van der Waals surface area (Å²) < 4.78 is 18.1. The van der Waals surface area contributed by atoms with Gasteiger partial charge in [0.25, 0.3) is 0 Å². The van der Waals surface area contributed by atoms with Crippen molar-refractivity contribution in [3.63, 3.8) is 0 Å². The molecule has 4 N–H and O–H groups in total. The molecule has 1 saturated heterocycles. The highest BCUT2D eigenvalue weighted by Gasteiger charge is 2.54. The van der Waals surface area contributed by atoms with Crippen LogP contribution in [0.15, 0.2) is 30.3 Å². The molecular formula is C34H56N4O7S. The van der Waals surface area contributed by atoms with Gasteiger partial charge >= 0.3 is 6.09 Å². The van der Waals surface area contributed by atoms with Gasteiger partial charge in [-0.3, -0.25) is 19.3 Å². The Morgan fingerprint density at radius 3 is 2.26 bits per heavy atom. The van der Waals surface area contributed by atoms with Crippen LogP contribution < -0.4 is 16.4 Å². The molecule has 11 nitrogen and oxygen atoms in total. The number of nitrogens with one attached hydrogen (secondary N) is 2. The van der Waals surface area contributed by atoms with Gasteiger partial charge in [-0.05, 0) is 84.8 Å². The van der Waals surface area contributed by atoms with E-state index in [0.29, 0.717) is 12.2 Å². The maximum absolute atomic E-state index is 14.7. The zero-order chi connectivity index (χ0) is 34.9. The molecule has 0 aromatic heterocycles. The summed E-state index contributed by atoms with van der Waals surface area (Å²) in [5.74, 6) is -2.10. The van der Waals surface area contributed by atoms with Crippen molar-refractivity contribution in [2.24, 2.45) is 11.7 Å². The molecule has 0 unspecified atom stereocenters. The van der Waals surface area contributed by atoms with Crippen molar-refractivity contribution in [2.75, 3.05) is 12.0 Å². The summed E-state index contributed by atoms with van der Waals surface area (Å²) >= 11 is 1.49. The predicted molar refractivity (Wildman–Crippen MR) is 181 cm³/mol. The first kappa shape index (κ1) is 39.5. The summed E-state index contributed by atoms with van der Waals surface area (Å²) in [5.41, 5.74) is 4.55. The number of hydrogen-bond acceptors (Lipinski definition) is 9. The van der Waals surface area contributed by atoms with E-state index in [0.717, 1.165) is 10.5 Å². The molecule has 1 aliphatic rings. The van der Waals surface area contributed by atoms with Gasteiger partial charge in [-0.2, -0.15) is 11.8 Å². The van der Waals surface area contributed by atoms with E-state index in [1.807, 2.05) is 50.4 Å². The number of carbonyl (C=O) groups is 4. The Labute approximate surface area is 279 Å². The van der Waals surface area contributed by atoms with Crippen molar-refractivity contribution < 1.29 is 33.4 Å². The number of thioether (sulfide) groups is 1. The van der Waals surface area contributed by atoms with Crippen LogP contribution in [0.5, 0.6) is 0 Å². The van der Waals surface area contributed by atoms with Crippen molar-refractivity contribution in [3.8, 4) is 0 Å². The highest BCUT2D eigenvalue weighted by Crippen LogP contribution is 2.37. The maximum atomic E-state index is 14.7. The fourth-order valence-electron chi connectivity index (χ4n) is 5.57. The minimum atomic E-state index is -1.71. The molecule has 1 aromatic rings. The minimum absolute atomic E-state index is 0.0548. The summed E-state index contributed by atoms with van der Waals surface area (Å²) in [6.45, 7) is 16.2. The van der Waals surface area contributed by atoms with Crippen LogP contribution in [0.1, 0.15) is 93.6 Å². The topological polar surface area (TPSA) is 149 Å². The second kappa shape index (κ2) is 16.9. The molecule has 1 aliphatic heterocycles. The van der Waals surface area contributed by atoms with E-state index < -0.39 is 65.0 Å². The van der Waals surface area contributed by atoms with Crippen molar-refractivity contribution in [3.05, 3.63) is 35.9 Å². The standard InChI is InChI=1S/C34H56N4O7S/c1-22(2)16-17-27(39)38(29(40)23(3)35)34(18-19-46-10,30(41)36-21-25-14-12-11-13-15-25)20-26-28(24(4)43-33(8,9)44-26)37-31(42)45-32(5,6)7/h11-15,22-24,26,28H,16-21,35H2,1-10H3,(H,36,41)(H,37,42)/t23-,24-,26-,28+,34-/m1/s1. The molecule has 1 fully saturated rings. The van der Waals surface area contributed by atoms with Crippen molar-refractivity contribution in [1.82, 2.24) is 15.5 Å². The number of rotatable bonds is 14. The normalized spacial score (nSPS) is 21.5. The minimum Gasteiger partial charge on any atom is -0.444 e. The average Bonchev–Trinajstić information content (AvgIpc) is 2.94. The van der Waals surface area contributed by atoms with Gasteiger partial charge in [0.05, 0.1) is 24.3 Å². The van der Waals surface area contributed by atoms with Crippen LogP contribution in [-0.4, -0.2) is 81.9 Å². The van der Waals surface area contributed by atoms with Crippen molar-refractivity contribution in [1.29, 1.82) is 0 Å². The van der Waals surface area contributed by atoms with Crippen LogP contribution in [0.4, 0.5) is 4.79 Å². The molecule has 1 aromatic carbocycles. The number of hydrogen-bond donors (Lipinski definition) is 3. The highest BCUT2D eigenvalue weighted by atomic mass is 32.2. The Hall–Kier alpha value is -2.67. The number of benzene rings is 1. The SMILES string of the molecule is CSCC[C@@](C[C@H]1OC(C)(C)O[C@H](C)[C@@H]1NC(=O)OC(C)(C)C)(C(=O)NCc1ccccc1)N(C(=O)CCC(C)C)C(=O)[C@@H](C)N. The number of nitrogens with zero attached hydrogens (tertiary/aromatic N) is 1. The average molecular weight is 665 g/mol. The molecule has 5 atom stereocenters. The van der Waals surface area contributed by atoms with E-state index in [-0.39, 0.29) is 31.7 Å². The molecule has 0 aliphatic carbocycles. The van der Waals surface area contributed by atoms with Crippen LogP contribution >= 0.6 is 11.8 Å². The molecular weight excluding hydrogens is 608 g/mol. The lowest BCUT2D eigenvalue weighted by atomic mass is 9.81. The Bertz CT molecular complexity index is 1170. The zero-order valence-corrected chi connectivity index (χ0v) is 30.1. The molecule has 2 rings (SSSR count). The molecule has 260 valence electrons. The van der Waals surface area contributed by atoms with E-state index >= 15 is 0 Å². The van der Waals surface area contributed by atoms with E-state index in [1.165, 1.54) is 18.7 Å². The molecule has 0 bridgehead atoms. The molecule has 0 radical (unpaired) electrons. The molecule has 46 heavy (non-hydrogen) atoms. The van der Waals surface area contributed by atoms with Gasteiger partial charge in [0.1, 0.15) is 11.1 Å². The monoisotopic (exact) mass is 664 g/mol. The molecule has 1 heterocycles. The van der Waals surface area contributed by atoms with Gasteiger partial charge in [-0.25, -0.2) is 4.79 Å². The van der Waals surface area contributed by atoms with Gasteiger partial charge < -0.3 is 30.6 Å². The van der Waals surface area contributed by atoms with Crippen LogP contribution in [0.25, 0.3) is 0 Å². The van der Waals surface area contributed by atoms with Gasteiger partial charge in [0.15, 0.2) is 5.79 Å². The summed E-state index contributed by atoms with van der Waals surface area (Å²) in [4.78, 5) is 57.0. The number of carbonyl (C=O) groups excluding carboxylic acids is 4. The van der Waals surface area contributed by atoms with Crippen molar-refractivity contribution in [2.45, 2.75) is 136 Å². The first-order valence-electron chi connectivity index (χ1n) is 16.1. The number of ether oxygens (including phenoxy) is 3. The van der Waals surface area contributed by atoms with Crippen LogP contribution in [0, 0.1) is 5.92 Å². The van der Waals surface area contributed by atoms with E-state index in [4.69, 9.17) is 19.9 Å². The third-order valence-corrected chi connectivity index (χ3v) is 8.31. The lowest BCUT2D eigenvalue weighted by molar-refractivity contribution is -0.309. The van der Waals surface area contributed by atoms with Gasteiger partial charge in [0.2, 0.25) is 17.7 Å². The predicted octanol–water partition coefficient (Wildman–Crippen LogP) is 4.76. The van der Waals surface area contributed by atoms with E-state index in [9.17, 15) is 19.2 Å². The Morgan fingerprint density at radius 1 is 1.09 bits per heavy atom. The first-order chi connectivity index (χ1) is 21.3. The molecule has 12 heteroatoms. The number of alkyl carbamates (subject to hydrolysis) is 1. The zero-order valence-electron chi connectivity index (χ0n) is 29.3. The Morgan fingerprint density at radius 2 is 1.72 bits per heavy atom. The summed E-state index contributed by atoms with van der Waals surface area (Å²) in [5, 5.41) is 5.90. The van der Waals surface area contributed by atoms with E-state index in [1.54, 1.807) is 41.5 Å². The second-order valence-corrected chi connectivity index (χ2v) is 15.0. The smallest absolute Gasteiger partial charge is 0.408 e. The Balaban J connectivity index is 2.74. The lowest BCUT2D eigenvalue weighted by Gasteiger charge is -2.50. The third kappa shape index (κ3) is 11.5. The molecule has 4 amide bonds. The second-order valence-electron chi connectivity index (χ2n) is 14.0. The number of amides is 4. The third-order valence-electron chi connectivity index (χ3n) is 7.69. The van der Waals surface area contributed by atoms with Gasteiger partial charge in [-0.1, -0.05) is 44.2 Å². The van der Waals surface area contributed by atoms with Gasteiger partial charge in [-0.15, -0.1) is 0 Å². The lowest BCUT2D eigenvalue weighted by Crippen LogP contribution is -2.69. The number of imide groups is 1. The Kier molecular flexibility index (Phi) is 14.6. The summed E-state index contributed by atoms with van der Waals surface area (Å²) in [6, 6.07) is 7.56. The summed E-state index contributed by atoms with van der Waals surface area (Å²) in [6.07, 6.45) is 0.381. The molecule has 0 spiro atoms. The van der Waals surface area contributed by atoms with Crippen LogP contribution in [-0.2, 0) is 35.1 Å². The fourth-order valence-corrected chi connectivity index (χ4v) is 6.11. The largest absolute Gasteiger partial charge is 0.444 e. The van der Waals surface area contributed by atoms with Crippen LogP contribution in [0.2, 0.25) is 0 Å². The summed E-state index contributed by atoms with van der Waals surface area (Å²) in [7, 11) is 0. The fraction of sp³-hybridized carbons (Fsp3) is 0.706.